The van der Waals surface area contributed by atoms with Crippen molar-refractivity contribution < 1.29 is 0 Å². The lowest BCUT2D eigenvalue weighted by Gasteiger charge is -2.30. The molecule has 2 atom stereocenters. The van der Waals surface area contributed by atoms with Gasteiger partial charge in [-0.25, -0.2) is 0 Å². The van der Waals surface area contributed by atoms with Crippen LogP contribution in [0.3, 0.4) is 0 Å². The first kappa shape index (κ1) is 11.4. The van der Waals surface area contributed by atoms with Crippen LogP contribution in [-0.2, 0) is 0 Å². The van der Waals surface area contributed by atoms with Gasteiger partial charge in [0.25, 0.3) is 0 Å². The summed E-state index contributed by atoms with van der Waals surface area (Å²) in [6.07, 6.45) is 6.38. The highest BCUT2D eigenvalue weighted by Gasteiger charge is 2.19. The minimum absolute atomic E-state index is 0.522. The van der Waals surface area contributed by atoms with E-state index in [1.807, 2.05) is 12.4 Å². The molecule has 1 aliphatic heterocycles. The van der Waals surface area contributed by atoms with E-state index in [4.69, 9.17) is 0 Å². The number of pyridine rings is 1. The number of aromatic nitrogens is 1. The molecule has 1 fully saturated rings. The number of aryl methyl sites for hydroxylation is 1. The molecule has 3 nitrogen and oxygen atoms in total. The normalized spacial score (nSPS) is 22.8. The van der Waals surface area contributed by atoms with E-state index in [0.717, 1.165) is 12.5 Å². The van der Waals surface area contributed by atoms with Gasteiger partial charge < -0.3 is 10.6 Å². The summed E-state index contributed by atoms with van der Waals surface area (Å²) in [5.41, 5.74) is 2.44. The van der Waals surface area contributed by atoms with E-state index in [9.17, 15) is 0 Å². The lowest BCUT2D eigenvalue weighted by Crippen LogP contribution is -2.38. The fraction of sp³-hybridized carbons (Fsp3) is 0.615. The molecule has 3 heteroatoms. The van der Waals surface area contributed by atoms with Crippen LogP contribution in [0.2, 0.25) is 0 Å². The van der Waals surface area contributed by atoms with E-state index in [1.54, 1.807) is 0 Å². The van der Waals surface area contributed by atoms with Crippen molar-refractivity contribution in [2.45, 2.75) is 32.7 Å². The first-order valence-electron chi connectivity index (χ1n) is 6.15. The zero-order valence-corrected chi connectivity index (χ0v) is 10.2. The second kappa shape index (κ2) is 5.30. The summed E-state index contributed by atoms with van der Waals surface area (Å²) in [4.78, 5) is 4.11. The molecule has 16 heavy (non-hydrogen) atoms. The molecule has 2 unspecified atom stereocenters. The number of hydrogen-bond donors (Lipinski definition) is 2. The van der Waals surface area contributed by atoms with Gasteiger partial charge in [0.2, 0.25) is 0 Å². The maximum absolute atomic E-state index is 4.11. The van der Waals surface area contributed by atoms with E-state index >= 15 is 0 Å². The van der Waals surface area contributed by atoms with Crippen LogP contribution in [0, 0.1) is 12.8 Å². The zero-order chi connectivity index (χ0) is 11.4. The minimum atomic E-state index is 0.522. The van der Waals surface area contributed by atoms with Crippen LogP contribution >= 0.6 is 0 Å². The van der Waals surface area contributed by atoms with Gasteiger partial charge in [0.05, 0.1) is 0 Å². The Morgan fingerprint density at radius 2 is 2.44 bits per heavy atom. The van der Waals surface area contributed by atoms with Gasteiger partial charge in [-0.05, 0) is 57.3 Å². The van der Waals surface area contributed by atoms with Gasteiger partial charge in [-0.15, -0.1) is 0 Å². The van der Waals surface area contributed by atoms with Gasteiger partial charge in [-0.2, -0.15) is 0 Å². The van der Waals surface area contributed by atoms with Crippen LogP contribution in [0.4, 0.5) is 5.69 Å². The molecule has 1 saturated heterocycles. The molecule has 0 radical (unpaired) electrons. The van der Waals surface area contributed by atoms with Crippen molar-refractivity contribution in [2.24, 2.45) is 5.92 Å². The maximum Gasteiger partial charge on any atom is 0.0402 e. The van der Waals surface area contributed by atoms with Crippen LogP contribution in [0.5, 0.6) is 0 Å². The largest absolute Gasteiger partial charge is 0.382 e. The third-order valence-electron chi connectivity index (χ3n) is 3.45. The molecular formula is C13H21N3. The smallest absolute Gasteiger partial charge is 0.0402 e. The molecule has 1 aliphatic rings. The summed E-state index contributed by atoms with van der Waals surface area (Å²) >= 11 is 0. The van der Waals surface area contributed by atoms with E-state index in [0.29, 0.717) is 6.04 Å². The first-order chi connectivity index (χ1) is 7.77. The fourth-order valence-electron chi connectivity index (χ4n) is 2.30. The Bertz CT molecular complexity index is 332. The molecule has 0 spiro atoms. The Hall–Kier alpha value is -1.09. The number of rotatable bonds is 3. The second-order valence-electron chi connectivity index (χ2n) is 4.73. The van der Waals surface area contributed by atoms with Crippen molar-refractivity contribution in [2.75, 3.05) is 18.4 Å². The maximum atomic E-state index is 4.11. The van der Waals surface area contributed by atoms with Crippen molar-refractivity contribution in [3.63, 3.8) is 0 Å². The molecule has 0 bridgehead atoms. The summed E-state index contributed by atoms with van der Waals surface area (Å²) in [7, 11) is 0. The van der Waals surface area contributed by atoms with Gasteiger partial charge in [-0.1, -0.05) is 0 Å². The van der Waals surface area contributed by atoms with Crippen molar-refractivity contribution in [1.29, 1.82) is 0 Å². The van der Waals surface area contributed by atoms with Crippen LogP contribution in [0.25, 0.3) is 0 Å². The van der Waals surface area contributed by atoms with Crippen LogP contribution in [-0.4, -0.2) is 24.1 Å². The molecule has 2 N–H and O–H groups in total. The monoisotopic (exact) mass is 219 g/mol. The molecule has 2 rings (SSSR count). The first-order valence-corrected chi connectivity index (χ1v) is 6.15. The Labute approximate surface area is 97.7 Å². The average molecular weight is 219 g/mol. The third-order valence-corrected chi connectivity index (χ3v) is 3.45. The fourth-order valence-corrected chi connectivity index (χ4v) is 2.30. The number of nitrogens with zero attached hydrogens (tertiary/aromatic N) is 1. The van der Waals surface area contributed by atoms with E-state index < -0.39 is 0 Å². The predicted octanol–water partition coefficient (Wildman–Crippen LogP) is 2.19. The summed E-state index contributed by atoms with van der Waals surface area (Å²) in [5, 5.41) is 7.06. The SMILES string of the molecule is Cc1cnccc1NC(C)C1CCCNC1. The van der Waals surface area contributed by atoms with Gasteiger partial charge in [-0.3, -0.25) is 4.98 Å². The summed E-state index contributed by atoms with van der Waals surface area (Å²) in [6, 6.07) is 2.58. The Morgan fingerprint density at radius 1 is 1.56 bits per heavy atom. The Balaban J connectivity index is 1.96. The third kappa shape index (κ3) is 2.73. The van der Waals surface area contributed by atoms with Crippen LogP contribution < -0.4 is 10.6 Å². The van der Waals surface area contributed by atoms with E-state index in [-0.39, 0.29) is 0 Å². The van der Waals surface area contributed by atoms with Gasteiger partial charge in [0, 0.05) is 24.1 Å². The molecule has 2 heterocycles. The molecule has 88 valence electrons. The average Bonchev–Trinajstić information content (AvgIpc) is 2.33. The van der Waals surface area contributed by atoms with Crippen molar-refractivity contribution >= 4 is 5.69 Å². The van der Waals surface area contributed by atoms with Crippen LogP contribution in [0.15, 0.2) is 18.5 Å². The van der Waals surface area contributed by atoms with Gasteiger partial charge in [0.15, 0.2) is 0 Å². The highest BCUT2D eigenvalue weighted by molar-refractivity contribution is 5.49. The quantitative estimate of drug-likeness (QED) is 0.818. The summed E-state index contributed by atoms with van der Waals surface area (Å²) in [6.45, 7) is 6.69. The second-order valence-corrected chi connectivity index (χ2v) is 4.73. The Kier molecular flexibility index (Phi) is 3.78. The zero-order valence-electron chi connectivity index (χ0n) is 10.2. The highest BCUT2D eigenvalue weighted by atomic mass is 15.0. The van der Waals surface area contributed by atoms with Gasteiger partial charge >= 0.3 is 0 Å². The molecule has 0 amide bonds. The molecular weight excluding hydrogens is 198 g/mol. The van der Waals surface area contributed by atoms with E-state index in [2.05, 4.69) is 35.5 Å². The minimum Gasteiger partial charge on any atom is -0.382 e. The van der Waals surface area contributed by atoms with Crippen molar-refractivity contribution in [3.8, 4) is 0 Å². The Morgan fingerprint density at radius 3 is 3.12 bits per heavy atom. The lowest BCUT2D eigenvalue weighted by atomic mass is 9.92. The molecule has 0 aliphatic carbocycles. The predicted molar refractivity (Wildman–Crippen MR) is 67.7 cm³/mol. The topological polar surface area (TPSA) is 37.0 Å². The number of hydrogen-bond acceptors (Lipinski definition) is 3. The molecule has 1 aromatic heterocycles. The van der Waals surface area contributed by atoms with Crippen LogP contribution in [0.1, 0.15) is 25.3 Å². The summed E-state index contributed by atoms with van der Waals surface area (Å²) < 4.78 is 0. The van der Waals surface area contributed by atoms with Gasteiger partial charge in [0.1, 0.15) is 0 Å². The number of piperidine rings is 1. The molecule has 1 aromatic rings. The number of nitrogens with one attached hydrogen (secondary N) is 2. The molecule has 0 saturated carbocycles. The molecule has 0 aromatic carbocycles. The standard InChI is InChI=1S/C13H21N3/c1-10-8-15-7-5-13(10)16-11(2)12-4-3-6-14-9-12/h5,7-8,11-12,14H,3-4,6,9H2,1-2H3,(H,15,16). The van der Waals surface area contributed by atoms with Crippen molar-refractivity contribution in [3.05, 3.63) is 24.0 Å². The van der Waals surface area contributed by atoms with Crippen molar-refractivity contribution in [1.82, 2.24) is 10.3 Å². The number of anilines is 1. The highest BCUT2D eigenvalue weighted by Crippen LogP contribution is 2.20. The lowest BCUT2D eigenvalue weighted by molar-refractivity contribution is 0.347. The summed E-state index contributed by atoms with van der Waals surface area (Å²) in [5.74, 6) is 0.737. The van der Waals surface area contributed by atoms with E-state index in [1.165, 1.54) is 30.6 Å².